The summed E-state index contributed by atoms with van der Waals surface area (Å²) in [7, 11) is 0. The van der Waals surface area contributed by atoms with Gasteiger partial charge in [-0.3, -0.25) is 4.79 Å². The Hall–Kier alpha value is -1.31. The van der Waals surface area contributed by atoms with Gasteiger partial charge in [-0.2, -0.15) is 0 Å². The fourth-order valence-electron chi connectivity index (χ4n) is 3.21. The number of carbonyl (C=O) groups excluding carboxylic acids is 1. The highest BCUT2D eigenvalue weighted by atomic mass is 16.5. The number of ether oxygens (including phenoxy) is 1. The van der Waals surface area contributed by atoms with Crippen molar-refractivity contribution in [3.05, 3.63) is 29.8 Å². The lowest BCUT2D eigenvalue weighted by Gasteiger charge is -2.29. The second-order valence-electron chi connectivity index (χ2n) is 5.80. The molecular weight excluding hydrogens is 248 g/mol. The predicted molar refractivity (Wildman–Crippen MR) is 82.3 cm³/mol. The molecule has 0 bridgehead atoms. The lowest BCUT2D eigenvalue weighted by molar-refractivity contribution is 0.0820. The monoisotopic (exact) mass is 274 g/mol. The van der Waals surface area contributed by atoms with Gasteiger partial charge in [0.15, 0.2) is 5.78 Å². The number of carbonyl (C=O) groups is 1. The maximum Gasteiger partial charge on any atom is 0.166 e. The molecular formula is C18H26O2. The molecule has 0 aromatic heterocycles. The smallest absolute Gasteiger partial charge is 0.166 e. The molecule has 2 nitrogen and oxygen atoms in total. The summed E-state index contributed by atoms with van der Waals surface area (Å²) in [6.45, 7) is 5.00. The van der Waals surface area contributed by atoms with Gasteiger partial charge in [0.25, 0.3) is 0 Å². The normalized spacial score (nSPS) is 22.5. The van der Waals surface area contributed by atoms with Crippen LogP contribution < -0.4 is 4.74 Å². The summed E-state index contributed by atoms with van der Waals surface area (Å²) in [5.74, 6) is 1.92. The van der Waals surface area contributed by atoms with Crippen molar-refractivity contribution in [2.45, 2.75) is 52.4 Å². The van der Waals surface area contributed by atoms with Crippen LogP contribution in [0.4, 0.5) is 0 Å². The van der Waals surface area contributed by atoms with E-state index < -0.39 is 0 Å². The van der Waals surface area contributed by atoms with Crippen molar-refractivity contribution in [2.24, 2.45) is 11.8 Å². The van der Waals surface area contributed by atoms with E-state index in [0.29, 0.717) is 18.3 Å². The maximum atomic E-state index is 12.7. The summed E-state index contributed by atoms with van der Waals surface area (Å²) in [5.41, 5.74) is 0.823. The van der Waals surface area contributed by atoms with Gasteiger partial charge in [-0.1, -0.05) is 45.2 Å². The highest BCUT2D eigenvalue weighted by Gasteiger charge is 2.30. The molecule has 0 amide bonds. The van der Waals surface area contributed by atoms with E-state index in [1.54, 1.807) is 0 Å². The molecule has 0 N–H and O–H groups in total. The van der Waals surface area contributed by atoms with E-state index in [-0.39, 0.29) is 5.92 Å². The number of hydrogen-bond donors (Lipinski definition) is 0. The van der Waals surface area contributed by atoms with Gasteiger partial charge >= 0.3 is 0 Å². The van der Waals surface area contributed by atoms with Crippen LogP contribution in [0.2, 0.25) is 0 Å². The Labute approximate surface area is 122 Å². The van der Waals surface area contributed by atoms with Crippen LogP contribution >= 0.6 is 0 Å². The molecule has 1 aromatic carbocycles. The Morgan fingerprint density at radius 1 is 1.25 bits per heavy atom. The zero-order valence-electron chi connectivity index (χ0n) is 12.7. The van der Waals surface area contributed by atoms with Crippen molar-refractivity contribution >= 4 is 5.78 Å². The summed E-state index contributed by atoms with van der Waals surface area (Å²) >= 11 is 0. The van der Waals surface area contributed by atoms with Crippen molar-refractivity contribution in [1.29, 1.82) is 0 Å². The lowest BCUT2D eigenvalue weighted by atomic mass is 9.74. The molecule has 2 atom stereocenters. The van der Waals surface area contributed by atoms with Gasteiger partial charge in [0.2, 0.25) is 0 Å². The fraction of sp³-hybridized carbons (Fsp3) is 0.611. The second-order valence-corrected chi connectivity index (χ2v) is 5.80. The minimum absolute atomic E-state index is 0.218. The van der Waals surface area contributed by atoms with Crippen molar-refractivity contribution in [2.75, 3.05) is 6.61 Å². The molecule has 0 spiro atoms. The Bertz CT molecular complexity index is 439. The summed E-state index contributed by atoms with van der Waals surface area (Å²) in [4.78, 5) is 12.7. The Kier molecular flexibility index (Phi) is 5.63. The molecule has 20 heavy (non-hydrogen) atoms. The number of benzene rings is 1. The molecule has 0 heterocycles. The average molecular weight is 274 g/mol. The van der Waals surface area contributed by atoms with Crippen LogP contribution in [0.25, 0.3) is 0 Å². The van der Waals surface area contributed by atoms with Gasteiger partial charge in [0.05, 0.1) is 6.61 Å². The molecule has 1 aliphatic carbocycles. The number of hydrogen-bond acceptors (Lipinski definition) is 2. The quantitative estimate of drug-likeness (QED) is 0.691. The van der Waals surface area contributed by atoms with Gasteiger partial charge in [-0.25, -0.2) is 0 Å². The third kappa shape index (κ3) is 3.62. The molecule has 1 saturated carbocycles. The van der Waals surface area contributed by atoms with Crippen LogP contribution in [0.15, 0.2) is 24.3 Å². The van der Waals surface area contributed by atoms with E-state index in [1.165, 1.54) is 19.3 Å². The molecule has 2 unspecified atom stereocenters. The molecule has 2 rings (SSSR count). The van der Waals surface area contributed by atoms with Crippen LogP contribution in [0.3, 0.4) is 0 Å². The third-order valence-corrected chi connectivity index (χ3v) is 4.36. The van der Waals surface area contributed by atoms with E-state index in [0.717, 1.165) is 30.6 Å². The topological polar surface area (TPSA) is 26.3 Å². The summed E-state index contributed by atoms with van der Waals surface area (Å²) in [5, 5.41) is 0. The highest BCUT2D eigenvalue weighted by Crippen LogP contribution is 2.34. The first kappa shape index (κ1) is 15.1. The SMILES string of the molecule is CCCOc1cccc(C(=O)C2CCCCC2CC)c1. The van der Waals surface area contributed by atoms with Gasteiger partial charge in [0, 0.05) is 11.5 Å². The number of Topliss-reactive ketones (excluding diaryl/α,β-unsaturated/α-hetero) is 1. The van der Waals surface area contributed by atoms with Crippen molar-refractivity contribution in [3.8, 4) is 5.75 Å². The van der Waals surface area contributed by atoms with Crippen molar-refractivity contribution < 1.29 is 9.53 Å². The van der Waals surface area contributed by atoms with E-state index in [4.69, 9.17) is 4.74 Å². The van der Waals surface area contributed by atoms with Crippen LogP contribution in [0.1, 0.15) is 62.7 Å². The van der Waals surface area contributed by atoms with E-state index in [1.807, 2.05) is 24.3 Å². The van der Waals surface area contributed by atoms with Crippen LogP contribution in [0.5, 0.6) is 5.75 Å². The Morgan fingerprint density at radius 3 is 2.80 bits per heavy atom. The van der Waals surface area contributed by atoms with Gasteiger partial charge in [-0.15, -0.1) is 0 Å². The first-order chi connectivity index (χ1) is 9.76. The summed E-state index contributed by atoms with van der Waals surface area (Å²) in [6.07, 6.45) is 6.83. The summed E-state index contributed by atoms with van der Waals surface area (Å²) in [6, 6.07) is 7.72. The zero-order valence-corrected chi connectivity index (χ0v) is 12.7. The first-order valence-electron chi connectivity index (χ1n) is 8.03. The molecule has 0 aliphatic heterocycles. The maximum absolute atomic E-state index is 12.7. The summed E-state index contributed by atoms with van der Waals surface area (Å²) < 4.78 is 5.63. The van der Waals surface area contributed by atoms with E-state index >= 15 is 0 Å². The van der Waals surface area contributed by atoms with Crippen molar-refractivity contribution in [1.82, 2.24) is 0 Å². The standard InChI is InChI=1S/C18H26O2/c1-3-12-20-16-10-7-9-15(13-16)18(19)17-11-6-5-8-14(17)4-2/h7,9-10,13-14,17H,3-6,8,11-12H2,1-2H3. The molecule has 0 radical (unpaired) electrons. The predicted octanol–water partition coefficient (Wildman–Crippen LogP) is 4.87. The molecule has 0 saturated heterocycles. The largest absolute Gasteiger partial charge is 0.494 e. The van der Waals surface area contributed by atoms with Crippen LogP contribution in [-0.2, 0) is 0 Å². The molecule has 1 fully saturated rings. The van der Waals surface area contributed by atoms with Crippen molar-refractivity contribution in [3.63, 3.8) is 0 Å². The highest BCUT2D eigenvalue weighted by molar-refractivity contribution is 5.98. The Morgan fingerprint density at radius 2 is 2.05 bits per heavy atom. The molecule has 110 valence electrons. The average Bonchev–Trinajstić information content (AvgIpc) is 2.52. The molecule has 1 aromatic rings. The number of rotatable bonds is 6. The van der Waals surface area contributed by atoms with E-state index in [9.17, 15) is 4.79 Å². The van der Waals surface area contributed by atoms with Gasteiger partial charge in [-0.05, 0) is 37.3 Å². The molecule has 2 heteroatoms. The van der Waals surface area contributed by atoms with Crippen LogP contribution in [-0.4, -0.2) is 12.4 Å². The van der Waals surface area contributed by atoms with E-state index in [2.05, 4.69) is 13.8 Å². The fourth-order valence-corrected chi connectivity index (χ4v) is 3.21. The number of ketones is 1. The van der Waals surface area contributed by atoms with Gasteiger partial charge < -0.3 is 4.74 Å². The first-order valence-corrected chi connectivity index (χ1v) is 8.03. The minimum Gasteiger partial charge on any atom is -0.494 e. The third-order valence-electron chi connectivity index (χ3n) is 4.36. The minimum atomic E-state index is 0.218. The lowest BCUT2D eigenvalue weighted by Crippen LogP contribution is -2.27. The second kappa shape index (κ2) is 7.47. The molecule has 1 aliphatic rings. The Balaban J connectivity index is 2.11. The van der Waals surface area contributed by atoms with Crippen LogP contribution in [0, 0.1) is 11.8 Å². The zero-order chi connectivity index (χ0) is 14.4. The van der Waals surface area contributed by atoms with Gasteiger partial charge in [0.1, 0.15) is 5.75 Å².